The first-order chi connectivity index (χ1) is 10.3. The number of rotatable bonds is 2. The van der Waals surface area contributed by atoms with Crippen LogP contribution in [0.25, 0.3) is 12.2 Å². The van der Waals surface area contributed by atoms with Crippen molar-refractivity contribution in [3.63, 3.8) is 0 Å². The predicted molar refractivity (Wildman–Crippen MR) is 91.2 cm³/mol. The topological polar surface area (TPSA) is 17.1 Å². The molecule has 2 aromatic carbocycles. The van der Waals surface area contributed by atoms with Crippen LogP contribution in [0.1, 0.15) is 11.1 Å². The highest BCUT2D eigenvalue weighted by Gasteiger charge is 2.20. The highest BCUT2D eigenvalue weighted by atomic mass is 32.2. The molecule has 0 saturated carbocycles. The zero-order valence-electron chi connectivity index (χ0n) is 11.7. The van der Waals surface area contributed by atoms with Crippen molar-refractivity contribution in [2.45, 2.75) is 0 Å². The van der Waals surface area contributed by atoms with Gasteiger partial charge in [0.25, 0.3) is 0 Å². The lowest BCUT2D eigenvalue weighted by Crippen LogP contribution is -2.16. The number of carbonyl (C=O) groups excluding carboxylic acids is 1. The van der Waals surface area contributed by atoms with Crippen LogP contribution in [0.5, 0.6) is 0 Å². The molecular formula is C19H16OS. The molecule has 0 spiro atoms. The highest BCUT2D eigenvalue weighted by molar-refractivity contribution is 7.99. The fourth-order valence-electron chi connectivity index (χ4n) is 2.32. The van der Waals surface area contributed by atoms with E-state index in [9.17, 15) is 4.79 Å². The number of ketones is 1. The number of carbonyl (C=O) groups is 1. The molecule has 21 heavy (non-hydrogen) atoms. The van der Waals surface area contributed by atoms with Gasteiger partial charge >= 0.3 is 0 Å². The lowest BCUT2D eigenvalue weighted by atomic mass is 10.0. The predicted octanol–water partition coefficient (Wildman–Crippen LogP) is 4.47. The minimum atomic E-state index is 0.182. The first-order valence-corrected chi connectivity index (χ1v) is 8.12. The van der Waals surface area contributed by atoms with Gasteiger partial charge in [-0.05, 0) is 23.3 Å². The monoisotopic (exact) mass is 292 g/mol. The number of Topliss-reactive ketones (excluding diaryl/α,β-unsaturated/α-hetero) is 1. The van der Waals surface area contributed by atoms with Crippen LogP contribution < -0.4 is 0 Å². The molecule has 0 N–H and O–H groups in total. The molecule has 104 valence electrons. The van der Waals surface area contributed by atoms with E-state index in [1.807, 2.05) is 72.8 Å². The summed E-state index contributed by atoms with van der Waals surface area (Å²) in [4.78, 5) is 12.6. The van der Waals surface area contributed by atoms with Gasteiger partial charge in [-0.1, -0.05) is 60.7 Å². The molecule has 0 aliphatic carbocycles. The van der Waals surface area contributed by atoms with E-state index in [0.29, 0.717) is 0 Å². The van der Waals surface area contributed by atoms with Crippen molar-refractivity contribution in [3.05, 3.63) is 82.9 Å². The van der Waals surface area contributed by atoms with Gasteiger partial charge in [-0.15, -0.1) is 0 Å². The molecule has 1 saturated heterocycles. The third-order valence-corrected chi connectivity index (χ3v) is 4.41. The molecular weight excluding hydrogens is 276 g/mol. The number of thioether (sulfide) groups is 1. The Morgan fingerprint density at radius 1 is 0.714 bits per heavy atom. The van der Waals surface area contributed by atoms with Crippen LogP contribution in [0.3, 0.4) is 0 Å². The second kappa shape index (κ2) is 6.59. The van der Waals surface area contributed by atoms with Gasteiger partial charge in [0.15, 0.2) is 5.78 Å². The molecule has 1 aliphatic rings. The normalized spacial score (nSPS) is 19.1. The largest absolute Gasteiger partial charge is 0.289 e. The standard InChI is InChI=1S/C19H16OS/c20-19-17(11-15-7-3-1-4-8-15)13-21-14-18(19)12-16-9-5-2-6-10-16/h1-12H,13-14H2/b17-11-,18-12+. The van der Waals surface area contributed by atoms with E-state index in [-0.39, 0.29) is 5.78 Å². The summed E-state index contributed by atoms with van der Waals surface area (Å²) < 4.78 is 0. The lowest BCUT2D eigenvalue weighted by Gasteiger charge is -2.16. The summed E-state index contributed by atoms with van der Waals surface area (Å²) in [6.45, 7) is 0. The van der Waals surface area contributed by atoms with E-state index >= 15 is 0 Å². The molecule has 0 bridgehead atoms. The van der Waals surface area contributed by atoms with Crippen LogP contribution in [0.2, 0.25) is 0 Å². The fraction of sp³-hybridized carbons (Fsp3) is 0.105. The molecule has 1 nitrogen and oxygen atoms in total. The summed E-state index contributed by atoms with van der Waals surface area (Å²) in [5, 5.41) is 0. The molecule has 1 fully saturated rings. The van der Waals surface area contributed by atoms with Crippen LogP contribution in [0.15, 0.2) is 71.8 Å². The molecule has 1 heterocycles. The van der Waals surface area contributed by atoms with E-state index < -0.39 is 0 Å². The van der Waals surface area contributed by atoms with E-state index in [4.69, 9.17) is 0 Å². The van der Waals surface area contributed by atoms with Gasteiger partial charge in [0.05, 0.1) is 0 Å². The fourth-order valence-corrected chi connectivity index (χ4v) is 3.29. The first kappa shape index (κ1) is 13.9. The maximum Gasteiger partial charge on any atom is 0.186 e. The van der Waals surface area contributed by atoms with Crippen molar-refractivity contribution < 1.29 is 4.79 Å². The number of hydrogen-bond acceptors (Lipinski definition) is 2. The van der Waals surface area contributed by atoms with Gasteiger partial charge in [0, 0.05) is 22.7 Å². The summed E-state index contributed by atoms with van der Waals surface area (Å²) in [6.07, 6.45) is 4.01. The van der Waals surface area contributed by atoms with Crippen molar-refractivity contribution in [2.24, 2.45) is 0 Å². The van der Waals surface area contributed by atoms with E-state index in [1.54, 1.807) is 11.8 Å². The third-order valence-electron chi connectivity index (χ3n) is 3.38. The van der Waals surface area contributed by atoms with Crippen molar-refractivity contribution in [3.8, 4) is 0 Å². The third kappa shape index (κ3) is 3.53. The zero-order chi connectivity index (χ0) is 14.5. The summed E-state index contributed by atoms with van der Waals surface area (Å²) in [6, 6.07) is 20.1. The Hall–Kier alpha value is -2.06. The Balaban J connectivity index is 1.88. The molecule has 2 aromatic rings. The highest BCUT2D eigenvalue weighted by Crippen LogP contribution is 2.26. The van der Waals surface area contributed by atoms with Crippen LogP contribution in [-0.2, 0) is 4.79 Å². The second-order valence-electron chi connectivity index (χ2n) is 4.98. The minimum absolute atomic E-state index is 0.182. The Labute approximate surface area is 129 Å². The number of benzene rings is 2. The average molecular weight is 292 g/mol. The molecule has 0 unspecified atom stereocenters. The van der Waals surface area contributed by atoms with Gasteiger partial charge in [0.1, 0.15) is 0 Å². The quantitative estimate of drug-likeness (QED) is 0.760. The van der Waals surface area contributed by atoms with Gasteiger partial charge in [0.2, 0.25) is 0 Å². The maximum absolute atomic E-state index is 12.6. The number of hydrogen-bond donors (Lipinski definition) is 0. The molecule has 0 radical (unpaired) electrons. The van der Waals surface area contributed by atoms with Crippen molar-refractivity contribution in [2.75, 3.05) is 11.5 Å². The van der Waals surface area contributed by atoms with E-state index in [1.165, 1.54) is 0 Å². The molecule has 1 aliphatic heterocycles. The molecule has 0 amide bonds. The van der Waals surface area contributed by atoms with Gasteiger partial charge < -0.3 is 0 Å². The zero-order valence-corrected chi connectivity index (χ0v) is 12.5. The molecule has 2 heteroatoms. The summed E-state index contributed by atoms with van der Waals surface area (Å²) in [5.41, 5.74) is 3.95. The maximum atomic E-state index is 12.6. The van der Waals surface area contributed by atoms with Gasteiger partial charge in [-0.3, -0.25) is 4.79 Å². The summed E-state index contributed by atoms with van der Waals surface area (Å²) in [7, 11) is 0. The molecule has 0 aromatic heterocycles. The summed E-state index contributed by atoms with van der Waals surface area (Å²) >= 11 is 1.80. The lowest BCUT2D eigenvalue weighted by molar-refractivity contribution is -0.112. The van der Waals surface area contributed by atoms with Crippen LogP contribution >= 0.6 is 11.8 Å². The Morgan fingerprint density at radius 3 is 1.57 bits per heavy atom. The first-order valence-electron chi connectivity index (χ1n) is 6.96. The van der Waals surface area contributed by atoms with Gasteiger partial charge in [-0.2, -0.15) is 11.8 Å². The SMILES string of the molecule is O=C1/C(=C/c2ccccc2)CSC/C1=C/c1ccccc1. The van der Waals surface area contributed by atoms with Gasteiger partial charge in [-0.25, -0.2) is 0 Å². The Bertz CT molecular complexity index is 625. The second-order valence-corrected chi connectivity index (χ2v) is 5.97. The van der Waals surface area contributed by atoms with Crippen molar-refractivity contribution in [1.82, 2.24) is 0 Å². The average Bonchev–Trinajstić information content (AvgIpc) is 2.53. The molecule has 3 rings (SSSR count). The van der Waals surface area contributed by atoms with Crippen LogP contribution in [0.4, 0.5) is 0 Å². The minimum Gasteiger partial charge on any atom is -0.289 e. The van der Waals surface area contributed by atoms with Crippen LogP contribution in [0, 0.1) is 0 Å². The van der Waals surface area contributed by atoms with E-state index in [0.717, 1.165) is 33.8 Å². The smallest absolute Gasteiger partial charge is 0.186 e. The molecule has 0 atom stereocenters. The van der Waals surface area contributed by atoms with Crippen molar-refractivity contribution in [1.29, 1.82) is 0 Å². The summed E-state index contributed by atoms with van der Waals surface area (Å²) in [5.74, 6) is 1.76. The Morgan fingerprint density at radius 2 is 1.14 bits per heavy atom. The van der Waals surface area contributed by atoms with E-state index in [2.05, 4.69) is 0 Å². The van der Waals surface area contributed by atoms with Crippen LogP contribution in [-0.4, -0.2) is 17.3 Å². The van der Waals surface area contributed by atoms with Crippen molar-refractivity contribution >= 4 is 29.7 Å². The Kier molecular flexibility index (Phi) is 4.37.